The van der Waals surface area contributed by atoms with Crippen molar-refractivity contribution >= 4 is 10.0 Å². The van der Waals surface area contributed by atoms with Crippen molar-refractivity contribution in [3.63, 3.8) is 0 Å². The van der Waals surface area contributed by atoms with E-state index < -0.39 is 15.8 Å². The Morgan fingerprint density at radius 3 is 2.90 bits per heavy atom. The second-order valence-corrected chi connectivity index (χ2v) is 6.97. The number of nitrogens with one attached hydrogen (secondary N) is 1. The quantitative estimate of drug-likeness (QED) is 0.944. The smallest absolute Gasteiger partial charge is 0.216 e. The van der Waals surface area contributed by atoms with Crippen molar-refractivity contribution in [1.29, 1.82) is 0 Å². The molecule has 0 saturated heterocycles. The Balaban J connectivity index is 1.78. The Labute approximate surface area is 123 Å². The average Bonchev–Trinajstić information content (AvgIpc) is 2.90. The highest BCUT2D eigenvalue weighted by molar-refractivity contribution is 7.88. The van der Waals surface area contributed by atoms with Crippen LogP contribution in [0.25, 0.3) is 0 Å². The normalized spacial score (nSPS) is 18.4. The molecule has 1 aromatic carbocycles. The fraction of sp³-hybridized carbons (Fsp3) is 0.333. The van der Waals surface area contributed by atoms with Crippen LogP contribution in [0.4, 0.5) is 4.39 Å². The van der Waals surface area contributed by atoms with Gasteiger partial charge in [-0.3, -0.25) is 0 Å². The number of hydrogen-bond acceptors (Lipinski definition) is 3. The fourth-order valence-electron chi connectivity index (χ4n) is 2.69. The maximum atomic E-state index is 13.6. The number of furan rings is 1. The third-order valence-corrected chi connectivity index (χ3v) is 5.01. The number of rotatable bonds is 4. The molecule has 1 heterocycles. The average molecular weight is 309 g/mol. The summed E-state index contributed by atoms with van der Waals surface area (Å²) in [5, 5.41) is 0. The van der Waals surface area contributed by atoms with Gasteiger partial charge in [0.25, 0.3) is 0 Å². The maximum absolute atomic E-state index is 13.6. The van der Waals surface area contributed by atoms with Crippen molar-refractivity contribution in [2.24, 2.45) is 0 Å². The Kier molecular flexibility index (Phi) is 3.82. The lowest BCUT2D eigenvalue weighted by Crippen LogP contribution is -2.31. The van der Waals surface area contributed by atoms with E-state index in [1.54, 1.807) is 18.4 Å². The minimum absolute atomic E-state index is 0.174. The van der Waals surface area contributed by atoms with Crippen LogP contribution in [0.15, 0.2) is 41.0 Å². The van der Waals surface area contributed by atoms with Crippen molar-refractivity contribution in [3.05, 3.63) is 59.3 Å². The van der Waals surface area contributed by atoms with E-state index in [9.17, 15) is 12.8 Å². The van der Waals surface area contributed by atoms with E-state index >= 15 is 0 Å². The highest BCUT2D eigenvalue weighted by Gasteiger charge is 2.27. The molecule has 1 aromatic heterocycles. The molecule has 0 amide bonds. The van der Waals surface area contributed by atoms with Crippen LogP contribution in [0.5, 0.6) is 0 Å². The summed E-state index contributed by atoms with van der Waals surface area (Å²) in [7, 11) is -3.61. The van der Waals surface area contributed by atoms with Gasteiger partial charge in [0.05, 0.1) is 18.1 Å². The van der Waals surface area contributed by atoms with E-state index in [-0.39, 0.29) is 17.4 Å². The Morgan fingerprint density at radius 1 is 1.29 bits per heavy atom. The molecule has 21 heavy (non-hydrogen) atoms. The molecule has 2 aromatic rings. The van der Waals surface area contributed by atoms with Crippen LogP contribution >= 0.6 is 0 Å². The molecule has 1 atom stereocenters. The molecule has 112 valence electrons. The van der Waals surface area contributed by atoms with Crippen LogP contribution in [-0.4, -0.2) is 8.42 Å². The van der Waals surface area contributed by atoms with Gasteiger partial charge in [-0.2, -0.15) is 0 Å². The van der Waals surface area contributed by atoms with E-state index in [1.807, 2.05) is 0 Å². The van der Waals surface area contributed by atoms with Gasteiger partial charge in [0.2, 0.25) is 10.0 Å². The first-order chi connectivity index (χ1) is 10.1. The summed E-state index contributed by atoms with van der Waals surface area (Å²) in [6.45, 7) is 0. The first kappa shape index (κ1) is 14.3. The lowest BCUT2D eigenvalue weighted by atomic mass is 9.94. The van der Waals surface area contributed by atoms with Crippen molar-refractivity contribution in [1.82, 2.24) is 4.72 Å². The van der Waals surface area contributed by atoms with Gasteiger partial charge in [0.15, 0.2) is 0 Å². The molecule has 1 aliphatic rings. The molecule has 1 N–H and O–H groups in total. The summed E-state index contributed by atoms with van der Waals surface area (Å²) in [6, 6.07) is 7.42. The predicted molar refractivity (Wildman–Crippen MR) is 76.5 cm³/mol. The molecular formula is C15H16FNO3S. The van der Waals surface area contributed by atoms with Gasteiger partial charge in [0.1, 0.15) is 11.6 Å². The molecule has 0 saturated carbocycles. The van der Waals surface area contributed by atoms with Gasteiger partial charge in [-0.15, -0.1) is 0 Å². The molecular weight excluding hydrogens is 293 g/mol. The number of benzene rings is 1. The Hall–Kier alpha value is -1.66. The van der Waals surface area contributed by atoms with Crippen LogP contribution in [0.1, 0.15) is 35.8 Å². The van der Waals surface area contributed by atoms with Gasteiger partial charge in [0, 0.05) is 17.5 Å². The van der Waals surface area contributed by atoms with E-state index in [1.165, 1.54) is 18.2 Å². The van der Waals surface area contributed by atoms with Crippen LogP contribution in [-0.2, 0) is 22.2 Å². The zero-order valence-electron chi connectivity index (χ0n) is 11.4. The number of aryl methyl sites for hydroxylation is 1. The molecule has 0 spiro atoms. The first-order valence-electron chi connectivity index (χ1n) is 6.85. The van der Waals surface area contributed by atoms with Crippen LogP contribution in [0.3, 0.4) is 0 Å². The third-order valence-electron chi connectivity index (χ3n) is 3.68. The molecule has 3 rings (SSSR count). The fourth-order valence-corrected chi connectivity index (χ4v) is 4.09. The summed E-state index contributed by atoms with van der Waals surface area (Å²) in [6.07, 6.45) is 4.00. The van der Waals surface area contributed by atoms with Gasteiger partial charge >= 0.3 is 0 Å². The molecule has 4 nitrogen and oxygen atoms in total. The maximum Gasteiger partial charge on any atom is 0.216 e. The molecule has 0 aliphatic heterocycles. The van der Waals surface area contributed by atoms with Crippen molar-refractivity contribution in [2.45, 2.75) is 31.1 Å². The molecule has 0 radical (unpaired) electrons. The number of halogens is 1. The Morgan fingerprint density at radius 2 is 2.10 bits per heavy atom. The summed E-state index contributed by atoms with van der Waals surface area (Å²) in [5.74, 6) is -0.0287. The zero-order chi connectivity index (χ0) is 14.9. The number of hydrogen-bond donors (Lipinski definition) is 1. The monoisotopic (exact) mass is 309 g/mol. The second kappa shape index (κ2) is 5.61. The zero-order valence-corrected chi connectivity index (χ0v) is 12.2. The predicted octanol–water partition coefficient (Wildman–Crippen LogP) is 2.92. The standard InChI is InChI=1S/C15H16FNO3S/c16-13-5-2-1-4-11(13)10-21(18,19)17-14-6-3-7-15-12(14)8-9-20-15/h1-2,4-5,8-9,14,17H,3,6-7,10H2. The first-order valence-corrected chi connectivity index (χ1v) is 8.50. The summed E-state index contributed by atoms with van der Waals surface area (Å²) in [4.78, 5) is 0. The van der Waals surface area contributed by atoms with Gasteiger partial charge in [-0.1, -0.05) is 18.2 Å². The summed E-state index contributed by atoms with van der Waals surface area (Å²) < 4.78 is 46.1. The summed E-state index contributed by atoms with van der Waals surface area (Å²) >= 11 is 0. The van der Waals surface area contributed by atoms with Crippen LogP contribution < -0.4 is 4.72 Å². The topological polar surface area (TPSA) is 59.3 Å². The van der Waals surface area contributed by atoms with Crippen molar-refractivity contribution < 1.29 is 17.2 Å². The van der Waals surface area contributed by atoms with Crippen LogP contribution in [0.2, 0.25) is 0 Å². The Bertz CT molecular complexity index is 739. The largest absolute Gasteiger partial charge is 0.469 e. The lowest BCUT2D eigenvalue weighted by Gasteiger charge is -2.22. The molecule has 1 unspecified atom stereocenters. The second-order valence-electron chi connectivity index (χ2n) is 5.21. The van der Waals surface area contributed by atoms with E-state index in [2.05, 4.69) is 4.72 Å². The van der Waals surface area contributed by atoms with E-state index in [0.717, 1.165) is 30.6 Å². The van der Waals surface area contributed by atoms with Crippen molar-refractivity contribution in [2.75, 3.05) is 0 Å². The minimum atomic E-state index is -3.61. The molecule has 0 bridgehead atoms. The third kappa shape index (κ3) is 3.16. The summed E-state index contributed by atoms with van der Waals surface area (Å²) in [5.41, 5.74) is 1.06. The van der Waals surface area contributed by atoms with E-state index in [4.69, 9.17) is 4.42 Å². The minimum Gasteiger partial charge on any atom is -0.469 e. The lowest BCUT2D eigenvalue weighted by molar-refractivity contribution is 0.438. The number of sulfonamides is 1. The highest BCUT2D eigenvalue weighted by atomic mass is 32.2. The van der Waals surface area contributed by atoms with Crippen molar-refractivity contribution in [3.8, 4) is 0 Å². The van der Waals surface area contributed by atoms with Gasteiger partial charge in [-0.25, -0.2) is 17.5 Å². The molecule has 6 heteroatoms. The van der Waals surface area contributed by atoms with Gasteiger partial charge < -0.3 is 4.42 Å². The van der Waals surface area contributed by atoms with Gasteiger partial charge in [-0.05, 0) is 25.0 Å². The molecule has 1 aliphatic carbocycles. The highest BCUT2D eigenvalue weighted by Crippen LogP contribution is 2.31. The van der Waals surface area contributed by atoms with Crippen LogP contribution in [0, 0.1) is 5.82 Å². The molecule has 0 fully saturated rings. The number of fused-ring (bicyclic) bond motifs is 1. The SMILES string of the molecule is O=S(=O)(Cc1ccccc1F)NC1CCCc2occc21. The van der Waals surface area contributed by atoms with E-state index in [0.29, 0.717) is 0 Å².